The third kappa shape index (κ3) is 4.88. The molecule has 8 heteroatoms. The van der Waals surface area contributed by atoms with E-state index < -0.39 is 0 Å². The first-order valence-corrected chi connectivity index (χ1v) is 11.7. The van der Waals surface area contributed by atoms with Crippen molar-refractivity contribution in [3.05, 3.63) is 75.3 Å². The van der Waals surface area contributed by atoms with Gasteiger partial charge in [0.15, 0.2) is 5.17 Å². The largest absolute Gasteiger partial charge is 0.457 e. The fourth-order valence-electron chi connectivity index (χ4n) is 3.35. The molecule has 2 aromatic carbocycles. The lowest BCUT2D eigenvalue weighted by molar-refractivity contribution is -0.115. The van der Waals surface area contributed by atoms with Crippen molar-refractivity contribution in [2.45, 2.75) is 13.8 Å². The highest BCUT2D eigenvalue weighted by Gasteiger charge is 2.24. The van der Waals surface area contributed by atoms with Crippen molar-refractivity contribution < 1.29 is 9.21 Å². The molecule has 0 spiro atoms. The van der Waals surface area contributed by atoms with Crippen LogP contribution < -0.4 is 10.2 Å². The van der Waals surface area contributed by atoms with Gasteiger partial charge in [-0.25, -0.2) is 4.99 Å². The average Bonchev–Trinajstić information content (AvgIpc) is 3.37. The van der Waals surface area contributed by atoms with Gasteiger partial charge in [0.2, 0.25) is 0 Å². The smallest absolute Gasteiger partial charge is 0.264 e. The summed E-state index contributed by atoms with van der Waals surface area (Å²) in [5.41, 5.74) is 2.55. The Morgan fingerprint density at radius 2 is 1.72 bits per heavy atom. The van der Waals surface area contributed by atoms with Gasteiger partial charge in [0.25, 0.3) is 5.91 Å². The SMILES string of the molecule is CCN(CC)c1ccc(N=C2NC(=O)C(=Cc3ccc(-c4c(Cl)cccc4Cl)o3)S2)cc1. The number of carbonyl (C=O) groups excluding carboxylic acids is 1. The van der Waals surface area contributed by atoms with Crippen LogP contribution in [0.1, 0.15) is 19.6 Å². The van der Waals surface area contributed by atoms with Gasteiger partial charge in [0.05, 0.1) is 26.2 Å². The normalized spacial score (nSPS) is 16.1. The molecule has 32 heavy (non-hydrogen) atoms. The number of hydrogen-bond acceptors (Lipinski definition) is 5. The molecule has 0 bridgehead atoms. The molecule has 0 radical (unpaired) electrons. The number of aliphatic imine (C=N–C) groups is 1. The van der Waals surface area contributed by atoms with E-state index in [4.69, 9.17) is 27.6 Å². The molecule has 1 amide bonds. The van der Waals surface area contributed by atoms with Crippen LogP contribution in [0.3, 0.4) is 0 Å². The quantitative estimate of drug-likeness (QED) is 0.382. The maximum absolute atomic E-state index is 12.4. The van der Waals surface area contributed by atoms with E-state index in [9.17, 15) is 4.79 Å². The number of carbonyl (C=O) groups is 1. The van der Waals surface area contributed by atoms with Gasteiger partial charge in [-0.05, 0) is 74.1 Å². The van der Waals surface area contributed by atoms with Gasteiger partial charge >= 0.3 is 0 Å². The summed E-state index contributed by atoms with van der Waals surface area (Å²) in [7, 11) is 0. The highest BCUT2D eigenvalue weighted by molar-refractivity contribution is 8.18. The van der Waals surface area contributed by atoms with Crippen LogP contribution >= 0.6 is 35.0 Å². The van der Waals surface area contributed by atoms with Gasteiger partial charge in [-0.1, -0.05) is 29.3 Å². The Hall–Kier alpha value is -2.67. The van der Waals surface area contributed by atoms with Crippen LogP contribution in [-0.4, -0.2) is 24.2 Å². The van der Waals surface area contributed by atoms with E-state index in [0.717, 1.165) is 24.5 Å². The van der Waals surface area contributed by atoms with Crippen LogP contribution in [0.25, 0.3) is 17.4 Å². The molecular weight excluding hydrogens is 465 g/mol. The molecule has 1 N–H and O–H groups in total. The zero-order chi connectivity index (χ0) is 22.7. The van der Waals surface area contributed by atoms with E-state index in [0.29, 0.717) is 37.2 Å². The Kier molecular flexibility index (Phi) is 6.94. The summed E-state index contributed by atoms with van der Waals surface area (Å²) in [5, 5.41) is 4.33. The zero-order valence-electron chi connectivity index (χ0n) is 17.6. The van der Waals surface area contributed by atoms with Crippen molar-refractivity contribution >= 4 is 63.5 Å². The first-order valence-electron chi connectivity index (χ1n) is 10.2. The molecular formula is C24H21Cl2N3O2S. The topological polar surface area (TPSA) is 57.8 Å². The molecule has 0 unspecified atom stereocenters. The third-order valence-corrected chi connectivity index (χ3v) is 6.51. The lowest BCUT2D eigenvalue weighted by Crippen LogP contribution is -2.21. The summed E-state index contributed by atoms with van der Waals surface area (Å²) >= 11 is 13.8. The number of thioether (sulfide) groups is 1. The number of nitrogens with zero attached hydrogens (tertiary/aromatic N) is 2. The zero-order valence-corrected chi connectivity index (χ0v) is 19.9. The van der Waals surface area contributed by atoms with Crippen LogP contribution in [0.2, 0.25) is 10.0 Å². The van der Waals surface area contributed by atoms with Gasteiger partial charge in [-0.2, -0.15) is 0 Å². The summed E-state index contributed by atoms with van der Waals surface area (Å²) in [4.78, 5) is 19.7. The molecule has 2 heterocycles. The number of hydrogen-bond donors (Lipinski definition) is 1. The molecule has 0 aliphatic carbocycles. The van der Waals surface area contributed by atoms with Crippen molar-refractivity contribution in [2.75, 3.05) is 18.0 Å². The van der Waals surface area contributed by atoms with Crippen molar-refractivity contribution in [1.82, 2.24) is 5.32 Å². The van der Waals surface area contributed by atoms with E-state index in [1.54, 1.807) is 36.4 Å². The molecule has 3 aromatic rings. The lowest BCUT2D eigenvalue weighted by atomic mass is 10.2. The van der Waals surface area contributed by atoms with Crippen LogP contribution in [0.5, 0.6) is 0 Å². The molecule has 1 aromatic heterocycles. The summed E-state index contributed by atoms with van der Waals surface area (Å²) < 4.78 is 5.87. The first-order chi connectivity index (χ1) is 15.5. The maximum Gasteiger partial charge on any atom is 0.264 e. The Balaban J connectivity index is 1.51. The van der Waals surface area contributed by atoms with Crippen LogP contribution in [0.4, 0.5) is 11.4 Å². The molecule has 4 rings (SSSR count). The molecule has 0 atom stereocenters. The van der Waals surface area contributed by atoms with E-state index in [-0.39, 0.29) is 5.91 Å². The second kappa shape index (κ2) is 9.86. The Morgan fingerprint density at radius 1 is 1.03 bits per heavy atom. The predicted octanol–water partition coefficient (Wildman–Crippen LogP) is 6.99. The Labute approximate surface area is 201 Å². The number of anilines is 1. The minimum absolute atomic E-state index is 0.220. The maximum atomic E-state index is 12.4. The summed E-state index contributed by atoms with van der Waals surface area (Å²) in [5.74, 6) is 0.846. The summed E-state index contributed by atoms with van der Waals surface area (Å²) in [6.45, 7) is 6.14. The van der Waals surface area contributed by atoms with Crippen LogP contribution in [0, 0.1) is 0 Å². The van der Waals surface area contributed by atoms with Gasteiger partial charge < -0.3 is 14.6 Å². The Morgan fingerprint density at radius 3 is 2.38 bits per heavy atom. The van der Waals surface area contributed by atoms with Crippen molar-refractivity contribution in [2.24, 2.45) is 4.99 Å². The second-order valence-electron chi connectivity index (χ2n) is 6.97. The number of furan rings is 1. The monoisotopic (exact) mass is 485 g/mol. The molecule has 1 aliphatic heterocycles. The molecule has 164 valence electrons. The molecule has 1 aliphatic rings. The standard InChI is InChI=1S/C24H21Cl2N3O2S/c1-3-29(4-2)16-10-8-15(9-11-16)27-24-28-23(30)21(32-24)14-17-12-13-20(31-17)22-18(25)6-5-7-19(22)26/h5-14H,3-4H2,1-2H3,(H,27,28,30). The minimum Gasteiger partial charge on any atom is -0.457 e. The van der Waals surface area contributed by atoms with E-state index >= 15 is 0 Å². The number of amides is 1. The molecule has 1 saturated heterocycles. The second-order valence-corrected chi connectivity index (χ2v) is 8.81. The number of rotatable bonds is 6. The third-order valence-electron chi connectivity index (χ3n) is 4.97. The molecule has 1 fully saturated rings. The van der Waals surface area contributed by atoms with E-state index in [2.05, 4.69) is 29.1 Å². The molecule has 5 nitrogen and oxygen atoms in total. The first kappa shape index (κ1) is 22.5. The van der Waals surface area contributed by atoms with Crippen molar-refractivity contribution in [3.8, 4) is 11.3 Å². The van der Waals surface area contributed by atoms with Crippen molar-refractivity contribution in [3.63, 3.8) is 0 Å². The fourth-order valence-corrected chi connectivity index (χ4v) is 4.76. The highest BCUT2D eigenvalue weighted by Crippen LogP contribution is 2.36. The minimum atomic E-state index is -0.220. The predicted molar refractivity (Wildman–Crippen MR) is 135 cm³/mol. The van der Waals surface area contributed by atoms with Gasteiger partial charge in [0.1, 0.15) is 11.5 Å². The lowest BCUT2D eigenvalue weighted by Gasteiger charge is -2.20. The molecule has 0 saturated carbocycles. The van der Waals surface area contributed by atoms with Crippen LogP contribution in [-0.2, 0) is 4.79 Å². The average molecular weight is 486 g/mol. The Bertz CT molecular complexity index is 1180. The summed E-state index contributed by atoms with van der Waals surface area (Å²) in [6, 6.07) is 16.8. The van der Waals surface area contributed by atoms with Crippen LogP contribution in [0.15, 0.2) is 68.9 Å². The highest BCUT2D eigenvalue weighted by atomic mass is 35.5. The van der Waals surface area contributed by atoms with Gasteiger partial charge in [-0.3, -0.25) is 4.79 Å². The summed E-state index contributed by atoms with van der Waals surface area (Å²) in [6.07, 6.45) is 1.68. The van der Waals surface area contributed by atoms with E-state index in [1.807, 2.05) is 24.3 Å². The fraction of sp³-hybridized carbons (Fsp3) is 0.167. The van der Waals surface area contributed by atoms with E-state index in [1.165, 1.54) is 11.8 Å². The number of halogens is 2. The number of benzene rings is 2. The number of nitrogens with one attached hydrogen (secondary N) is 1. The van der Waals surface area contributed by atoms with Crippen molar-refractivity contribution in [1.29, 1.82) is 0 Å². The number of amidine groups is 1. The van der Waals surface area contributed by atoms with Gasteiger partial charge in [-0.15, -0.1) is 0 Å². The van der Waals surface area contributed by atoms with Gasteiger partial charge in [0, 0.05) is 24.9 Å².